The van der Waals surface area contributed by atoms with Crippen LogP contribution in [0.4, 0.5) is 0 Å². The van der Waals surface area contributed by atoms with Crippen molar-refractivity contribution in [3.05, 3.63) is 11.6 Å². The van der Waals surface area contributed by atoms with E-state index in [1.807, 2.05) is 19.9 Å². The minimum atomic E-state index is -1.13. The Balaban J connectivity index is 1.84. The fourth-order valence-corrected chi connectivity index (χ4v) is 5.58. The molecular weight excluding hydrogens is 356 g/mol. The zero-order valence-corrected chi connectivity index (χ0v) is 15.9. The monoisotopic (exact) mass is 382 g/mol. The number of carbonyl (C=O) groups excluding carboxylic acids is 2. The van der Waals surface area contributed by atoms with Crippen LogP contribution in [0.3, 0.4) is 0 Å². The van der Waals surface area contributed by atoms with Crippen LogP contribution in [0.5, 0.6) is 0 Å². The lowest BCUT2D eigenvalue weighted by Gasteiger charge is -2.58. The number of aliphatic hydroxyl groups is 2. The summed E-state index contributed by atoms with van der Waals surface area (Å²) in [5.74, 6) is -0.874. The molecule has 2 aliphatic carbocycles. The first-order chi connectivity index (χ1) is 12.6. The molecule has 0 aromatic heterocycles. The Hall–Kier alpha value is -1.48. The molecule has 2 heterocycles. The van der Waals surface area contributed by atoms with E-state index in [0.29, 0.717) is 13.0 Å². The largest absolute Gasteiger partial charge is 0.465 e. The molecule has 0 radical (unpaired) electrons. The van der Waals surface area contributed by atoms with Crippen LogP contribution >= 0.6 is 0 Å². The van der Waals surface area contributed by atoms with Gasteiger partial charge in [-0.2, -0.15) is 0 Å². The molecular formula is C19H26O8. The molecule has 3 fully saturated rings. The van der Waals surface area contributed by atoms with Gasteiger partial charge in [-0.3, -0.25) is 9.59 Å². The van der Waals surface area contributed by atoms with Crippen molar-refractivity contribution in [2.24, 2.45) is 10.8 Å². The van der Waals surface area contributed by atoms with Crippen LogP contribution in [0.1, 0.15) is 34.1 Å². The molecule has 4 unspecified atom stereocenters. The van der Waals surface area contributed by atoms with Crippen molar-refractivity contribution in [3.8, 4) is 0 Å². The highest BCUT2D eigenvalue weighted by Crippen LogP contribution is 2.71. The first-order valence-corrected chi connectivity index (χ1v) is 9.23. The van der Waals surface area contributed by atoms with Crippen molar-refractivity contribution in [2.75, 3.05) is 13.2 Å². The highest BCUT2D eigenvalue weighted by atomic mass is 16.6. The molecule has 0 aromatic carbocycles. The number of rotatable bonds is 3. The number of hydrogen-bond acceptors (Lipinski definition) is 8. The van der Waals surface area contributed by atoms with Crippen LogP contribution in [-0.2, 0) is 28.5 Å². The van der Waals surface area contributed by atoms with Gasteiger partial charge in [0.15, 0.2) is 0 Å². The minimum absolute atomic E-state index is 0.0351. The van der Waals surface area contributed by atoms with Gasteiger partial charge in [-0.05, 0) is 12.5 Å². The lowest BCUT2D eigenvalue weighted by atomic mass is 9.51. The predicted molar refractivity (Wildman–Crippen MR) is 90.5 cm³/mol. The zero-order chi connectivity index (χ0) is 19.8. The fraction of sp³-hybridized carbons (Fsp3) is 0.789. The van der Waals surface area contributed by atoms with Crippen LogP contribution in [0.15, 0.2) is 11.6 Å². The van der Waals surface area contributed by atoms with Crippen LogP contribution in [0, 0.1) is 10.8 Å². The van der Waals surface area contributed by atoms with E-state index < -0.39 is 58.9 Å². The summed E-state index contributed by atoms with van der Waals surface area (Å²) in [4.78, 5) is 23.2. The summed E-state index contributed by atoms with van der Waals surface area (Å²) in [5, 5.41) is 21.7. The average molecular weight is 382 g/mol. The Bertz CT molecular complexity index is 712. The van der Waals surface area contributed by atoms with Crippen LogP contribution in [0.2, 0.25) is 0 Å². The Kier molecular flexibility index (Phi) is 4.03. The number of hydrogen-bond donors (Lipinski definition) is 2. The Morgan fingerprint density at radius 3 is 2.52 bits per heavy atom. The molecule has 0 amide bonds. The van der Waals surface area contributed by atoms with Gasteiger partial charge < -0.3 is 29.2 Å². The Morgan fingerprint density at radius 2 is 1.96 bits per heavy atom. The molecule has 2 N–H and O–H groups in total. The molecule has 27 heavy (non-hydrogen) atoms. The van der Waals surface area contributed by atoms with E-state index in [-0.39, 0.29) is 6.61 Å². The number of ether oxygens (including phenoxy) is 4. The van der Waals surface area contributed by atoms with Gasteiger partial charge in [0.2, 0.25) is 0 Å². The van der Waals surface area contributed by atoms with Gasteiger partial charge in [0.1, 0.15) is 30.5 Å². The van der Waals surface area contributed by atoms with Crippen molar-refractivity contribution in [3.63, 3.8) is 0 Å². The molecule has 1 saturated carbocycles. The molecule has 8 nitrogen and oxygen atoms in total. The number of carbonyl (C=O) groups is 2. The van der Waals surface area contributed by atoms with E-state index in [4.69, 9.17) is 18.9 Å². The molecule has 2 aliphatic heterocycles. The number of esters is 2. The SMILES string of the molecule is CC(=O)OCC12CC(OC(C)=O)C(C)=CC1O[C@@H]1C(O)[C@@H](O)[C@@]2(C)[C@@]12CO2. The average Bonchev–Trinajstić information content (AvgIpc) is 3.37. The van der Waals surface area contributed by atoms with Crippen molar-refractivity contribution < 1.29 is 38.7 Å². The molecule has 8 heteroatoms. The Labute approximate surface area is 157 Å². The van der Waals surface area contributed by atoms with E-state index in [9.17, 15) is 19.8 Å². The van der Waals surface area contributed by atoms with Crippen molar-refractivity contribution in [2.45, 2.75) is 70.2 Å². The van der Waals surface area contributed by atoms with Gasteiger partial charge >= 0.3 is 11.9 Å². The highest BCUT2D eigenvalue weighted by molar-refractivity contribution is 5.67. The van der Waals surface area contributed by atoms with Gasteiger partial charge in [0, 0.05) is 31.1 Å². The number of fused-ring (bicyclic) bond motifs is 2. The molecule has 4 rings (SSSR count). The first kappa shape index (κ1) is 18.9. The second kappa shape index (κ2) is 5.76. The van der Waals surface area contributed by atoms with Crippen molar-refractivity contribution >= 4 is 11.9 Å². The van der Waals surface area contributed by atoms with E-state index >= 15 is 0 Å². The number of epoxide rings is 1. The summed E-state index contributed by atoms with van der Waals surface area (Å²) in [5.41, 5.74) is -1.88. The number of aliphatic hydroxyl groups excluding tert-OH is 2. The summed E-state index contributed by atoms with van der Waals surface area (Å²) >= 11 is 0. The van der Waals surface area contributed by atoms with Gasteiger partial charge in [0.05, 0.1) is 18.8 Å². The maximum Gasteiger partial charge on any atom is 0.303 e. The third kappa shape index (κ3) is 2.24. The van der Waals surface area contributed by atoms with Crippen molar-refractivity contribution in [1.82, 2.24) is 0 Å². The normalized spacial score (nSPS) is 50.0. The van der Waals surface area contributed by atoms with Crippen molar-refractivity contribution in [1.29, 1.82) is 0 Å². The quantitative estimate of drug-likeness (QED) is 0.401. The molecule has 2 bridgehead atoms. The first-order valence-electron chi connectivity index (χ1n) is 9.23. The van der Waals surface area contributed by atoms with E-state index in [1.54, 1.807) is 0 Å². The molecule has 8 atom stereocenters. The summed E-state index contributed by atoms with van der Waals surface area (Å²) in [6, 6.07) is 0. The molecule has 0 aromatic rings. The Morgan fingerprint density at radius 1 is 1.30 bits per heavy atom. The van der Waals surface area contributed by atoms with Gasteiger partial charge in [-0.25, -0.2) is 0 Å². The molecule has 1 spiro atoms. The maximum atomic E-state index is 11.6. The van der Waals surface area contributed by atoms with Crippen LogP contribution in [0.25, 0.3) is 0 Å². The third-order valence-corrected chi connectivity index (χ3v) is 7.20. The smallest absolute Gasteiger partial charge is 0.303 e. The van der Waals surface area contributed by atoms with Gasteiger partial charge in [-0.1, -0.05) is 13.0 Å². The summed E-state index contributed by atoms with van der Waals surface area (Å²) in [7, 11) is 0. The molecule has 150 valence electrons. The zero-order valence-electron chi connectivity index (χ0n) is 15.9. The van der Waals surface area contributed by atoms with E-state index in [1.165, 1.54) is 13.8 Å². The summed E-state index contributed by atoms with van der Waals surface area (Å²) < 4.78 is 22.9. The molecule has 2 saturated heterocycles. The third-order valence-electron chi connectivity index (χ3n) is 7.20. The molecule has 4 aliphatic rings. The van der Waals surface area contributed by atoms with E-state index in [2.05, 4.69) is 0 Å². The second-order valence-corrected chi connectivity index (χ2v) is 8.44. The van der Waals surface area contributed by atoms with Gasteiger partial charge in [0.25, 0.3) is 0 Å². The van der Waals surface area contributed by atoms with E-state index in [0.717, 1.165) is 5.57 Å². The fourth-order valence-electron chi connectivity index (χ4n) is 5.58. The predicted octanol–water partition coefficient (Wildman–Crippen LogP) is 0.0957. The summed E-state index contributed by atoms with van der Waals surface area (Å²) in [6.45, 7) is 6.67. The van der Waals surface area contributed by atoms with Crippen LogP contribution in [-0.4, -0.2) is 71.5 Å². The standard InChI is InChI=1S/C19H26O8/c1-9-5-13-18(7-24-10(2)20,6-12(9)26-11(3)21)17(4)15(23)14(22)16(27-13)19(17)8-25-19/h5,12-16,22-23H,6-8H2,1-4H3/t12?,13?,14?,15-,16-,17-,18?,19-/m1/s1. The minimum Gasteiger partial charge on any atom is -0.465 e. The second-order valence-electron chi connectivity index (χ2n) is 8.44. The highest BCUT2D eigenvalue weighted by Gasteiger charge is 2.85. The maximum absolute atomic E-state index is 11.6. The van der Waals surface area contributed by atoms with Gasteiger partial charge in [-0.15, -0.1) is 0 Å². The topological polar surface area (TPSA) is 115 Å². The van der Waals surface area contributed by atoms with Crippen LogP contribution < -0.4 is 0 Å². The lowest BCUT2D eigenvalue weighted by Crippen LogP contribution is -2.67. The lowest BCUT2D eigenvalue weighted by molar-refractivity contribution is -0.238. The summed E-state index contributed by atoms with van der Waals surface area (Å²) in [6.07, 6.45) is -1.81.